The fourth-order valence-electron chi connectivity index (χ4n) is 2.23. The average molecular weight is 216 g/mol. The Morgan fingerprint density at radius 1 is 1.33 bits per heavy atom. The molecule has 0 saturated carbocycles. The summed E-state index contributed by atoms with van der Waals surface area (Å²) in [6.07, 6.45) is 2.81. The van der Waals surface area contributed by atoms with Gasteiger partial charge in [-0.3, -0.25) is 0 Å². The topological polar surface area (TPSA) is 44.8 Å². The van der Waals surface area contributed by atoms with E-state index >= 15 is 0 Å². The van der Waals surface area contributed by atoms with Crippen LogP contribution in [0.5, 0.6) is 0 Å². The average Bonchev–Trinajstić information content (AvgIpc) is 2.64. The quantitative estimate of drug-likeness (QED) is 0.656. The lowest BCUT2D eigenvalue weighted by Gasteiger charge is -2.32. The van der Waals surface area contributed by atoms with E-state index < -0.39 is 11.6 Å². The largest absolute Gasteiger partial charge is 0.353 e. The molecular formula is C11H20O4. The molecule has 15 heavy (non-hydrogen) atoms. The number of carbonyl (C=O) groups is 1. The molecule has 1 fully saturated rings. The van der Waals surface area contributed by atoms with Crippen LogP contribution in [0.4, 0.5) is 0 Å². The Morgan fingerprint density at radius 2 is 2.00 bits per heavy atom. The smallest absolute Gasteiger partial charge is 0.180 e. The molecule has 0 aromatic rings. The van der Waals surface area contributed by atoms with Crippen molar-refractivity contribution < 1.29 is 19.0 Å². The molecule has 0 aromatic heterocycles. The molecule has 0 aromatic carbocycles. The van der Waals surface area contributed by atoms with E-state index in [9.17, 15) is 4.79 Å². The van der Waals surface area contributed by atoms with Gasteiger partial charge in [-0.15, -0.1) is 0 Å². The van der Waals surface area contributed by atoms with Gasteiger partial charge in [0.1, 0.15) is 6.29 Å². The van der Waals surface area contributed by atoms with Crippen LogP contribution in [-0.4, -0.2) is 32.1 Å². The van der Waals surface area contributed by atoms with Crippen LogP contribution in [0, 0.1) is 5.92 Å². The van der Waals surface area contributed by atoms with Crippen molar-refractivity contribution in [3.8, 4) is 0 Å². The third kappa shape index (κ3) is 1.94. The van der Waals surface area contributed by atoms with Crippen LogP contribution in [0.15, 0.2) is 0 Å². The number of methoxy groups -OCH3 is 2. The molecule has 0 aliphatic carbocycles. The number of ether oxygens (including phenoxy) is 3. The Morgan fingerprint density at radius 3 is 2.27 bits per heavy atom. The van der Waals surface area contributed by atoms with E-state index in [0.29, 0.717) is 19.3 Å². The van der Waals surface area contributed by atoms with Crippen LogP contribution in [0.2, 0.25) is 0 Å². The van der Waals surface area contributed by atoms with Crippen molar-refractivity contribution in [2.75, 3.05) is 14.2 Å². The summed E-state index contributed by atoms with van der Waals surface area (Å²) >= 11 is 0. The monoisotopic (exact) mass is 216 g/mol. The van der Waals surface area contributed by atoms with Gasteiger partial charge in [0.05, 0.1) is 5.92 Å². The molecule has 3 unspecified atom stereocenters. The van der Waals surface area contributed by atoms with E-state index in [2.05, 4.69) is 0 Å². The molecule has 1 aliphatic heterocycles. The van der Waals surface area contributed by atoms with Crippen molar-refractivity contribution in [3.05, 3.63) is 0 Å². The van der Waals surface area contributed by atoms with E-state index in [1.165, 1.54) is 0 Å². The van der Waals surface area contributed by atoms with Crippen molar-refractivity contribution in [1.82, 2.24) is 0 Å². The summed E-state index contributed by atoms with van der Waals surface area (Å²) in [7, 11) is 3.17. The van der Waals surface area contributed by atoms with E-state index in [0.717, 1.165) is 6.29 Å². The van der Waals surface area contributed by atoms with Gasteiger partial charge in [0.2, 0.25) is 0 Å². The standard InChI is InChI=1S/C11H20O4/c1-5-10(13-3)7-9(8-12)11(6-2,14-4)15-10/h8-9H,5-7H2,1-4H3. The highest BCUT2D eigenvalue weighted by atomic mass is 16.8. The zero-order valence-corrected chi connectivity index (χ0v) is 9.91. The minimum Gasteiger partial charge on any atom is -0.353 e. The molecule has 4 nitrogen and oxygen atoms in total. The third-order valence-corrected chi connectivity index (χ3v) is 3.37. The summed E-state index contributed by atoms with van der Waals surface area (Å²) in [6.45, 7) is 3.92. The first-order valence-electron chi connectivity index (χ1n) is 5.37. The first-order chi connectivity index (χ1) is 7.12. The van der Waals surface area contributed by atoms with Crippen LogP contribution >= 0.6 is 0 Å². The summed E-state index contributed by atoms with van der Waals surface area (Å²) < 4.78 is 16.6. The summed E-state index contributed by atoms with van der Waals surface area (Å²) in [5.74, 6) is -1.74. The molecule has 88 valence electrons. The summed E-state index contributed by atoms with van der Waals surface area (Å²) in [5, 5.41) is 0. The molecule has 1 rings (SSSR count). The maximum Gasteiger partial charge on any atom is 0.180 e. The number of rotatable bonds is 5. The van der Waals surface area contributed by atoms with Crippen LogP contribution in [0.3, 0.4) is 0 Å². The van der Waals surface area contributed by atoms with Gasteiger partial charge in [0.15, 0.2) is 11.6 Å². The summed E-state index contributed by atoms with van der Waals surface area (Å²) in [5.41, 5.74) is 0. The second-order valence-corrected chi connectivity index (χ2v) is 3.89. The first kappa shape index (κ1) is 12.6. The van der Waals surface area contributed by atoms with Crippen molar-refractivity contribution in [2.24, 2.45) is 5.92 Å². The first-order valence-corrected chi connectivity index (χ1v) is 5.37. The Bertz CT molecular complexity index is 219. The molecule has 0 spiro atoms. The second kappa shape index (κ2) is 4.60. The Hall–Kier alpha value is -0.450. The lowest BCUT2D eigenvalue weighted by atomic mass is 9.94. The molecule has 0 radical (unpaired) electrons. The van der Waals surface area contributed by atoms with Gasteiger partial charge in [0, 0.05) is 20.6 Å². The lowest BCUT2D eigenvalue weighted by molar-refractivity contribution is -0.312. The summed E-state index contributed by atoms with van der Waals surface area (Å²) in [6, 6.07) is 0. The number of hydrogen-bond donors (Lipinski definition) is 0. The van der Waals surface area contributed by atoms with Gasteiger partial charge in [-0.1, -0.05) is 13.8 Å². The zero-order valence-electron chi connectivity index (χ0n) is 9.91. The van der Waals surface area contributed by atoms with E-state index in [-0.39, 0.29) is 5.92 Å². The Balaban J connectivity index is 2.95. The van der Waals surface area contributed by atoms with Gasteiger partial charge in [-0.2, -0.15) is 0 Å². The minimum absolute atomic E-state index is 0.257. The van der Waals surface area contributed by atoms with Crippen molar-refractivity contribution in [3.63, 3.8) is 0 Å². The molecule has 4 heteroatoms. The predicted molar refractivity (Wildman–Crippen MR) is 55.3 cm³/mol. The van der Waals surface area contributed by atoms with E-state index in [4.69, 9.17) is 14.2 Å². The fourth-order valence-corrected chi connectivity index (χ4v) is 2.23. The van der Waals surface area contributed by atoms with E-state index in [1.54, 1.807) is 14.2 Å². The van der Waals surface area contributed by atoms with Gasteiger partial charge in [-0.25, -0.2) is 0 Å². The SMILES string of the molecule is CCC1(OC)CC(C=O)C(CC)(OC)O1. The predicted octanol–water partition coefficient (Wildman–Crippen LogP) is 1.73. The Kier molecular flexibility index (Phi) is 3.87. The summed E-state index contributed by atoms with van der Waals surface area (Å²) in [4.78, 5) is 11.0. The fraction of sp³-hybridized carbons (Fsp3) is 0.909. The van der Waals surface area contributed by atoms with E-state index in [1.807, 2.05) is 13.8 Å². The molecule has 0 amide bonds. The minimum atomic E-state index is -0.812. The highest BCUT2D eigenvalue weighted by molar-refractivity contribution is 5.56. The highest BCUT2D eigenvalue weighted by Gasteiger charge is 2.55. The van der Waals surface area contributed by atoms with Crippen molar-refractivity contribution >= 4 is 6.29 Å². The Labute approximate surface area is 90.9 Å². The molecule has 0 N–H and O–H groups in total. The zero-order chi connectivity index (χ0) is 11.5. The third-order valence-electron chi connectivity index (χ3n) is 3.37. The number of aldehydes is 1. The van der Waals surface area contributed by atoms with Crippen molar-refractivity contribution in [1.29, 1.82) is 0 Å². The van der Waals surface area contributed by atoms with Gasteiger partial charge in [0.25, 0.3) is 0 Å². The second-order valence-electron chi connectivity index (χ2n) is 3.89. The maximum atomic E-state index is 11.0. The number of carbonyl (C=O) groups excluding carboxylic acids is 1. The number of hydrogen-bond acceptors (Lipinski definition) is 4. The molecule has 1 aliphatic rings. The van der Waals surface area contributed by atoms with Gasteiger partial charge in [-0.05, 0) is 12.8 Å². The maximum absolute atomic E-state index is 11.0. The molecule has 1 heterocycles. The lowest BCUT2D eigenvalue weighted by Crippen LogP contribution is -2.40. The van der Waals surface area contributed by atoms with Crippen LogP contribution < -0.4 is 0 Å². The molecule has 1 saturated heterocycles. The molecule has 0 bridgehead atoms. The van der Waals surface area contributed by atoms with Crippen LogP contribution in [-0.2, 0) is 19.0 Å². The van der Waals surface area contributed by atoms with Crippen LogP contribution in [0.25, 0.3) is 0 Å². The highest BCUT2D eigenvalue weighted by Crippen LogP contribution is 2.45. The van der Waals surface area contributed by atoms with Crippen molar-refractivity contribution in [2.45, 2.75) is 44.7 Å². The van der Waals surface area contributed by atoms with Gasteiger partial charge < -0.3 is 19.0 Å². The van der Waals surface area contributed by atoms with Gasteiger partial charge >= 0.3 is 0 Å². The normalized spacial score (nSPS) is 40.7. The molecule has 3 atom stereocenters. The van der Waals surface area contributed by atoms with Crippen LogP contribution in [0.1, 0.15) is 33.1 Å². The molecular weight excluding hydrogens is 196 g/mol.